The lowest BCUT2D eigenvalue weighted by Gasteiger charge is -2.22. The highest BCUT2D eigenvalue weighted by Gasteiger charge is 2.37. The molecular weight excluding hydrogens is 218 g/mol. The first-order valence-corrected chi connectivity index (χ1v) is 6.82. The average Bonchev–Trinajstić information content (AvgIpc) is 2.46. The minimum Gasteiger partial charge on any atom is -0.480 e. The first kappa shape index (κ1) is 12.4. The van der Waals surface area contributed by atoms with E-state index in [-0.39, 0.29) is 5.75 Å². The molecule has 1 heterocycles. The van der Waals surface area contributed by atoms with E-state index in [2.05, 4.69) is 0 Å². The number of carbonyl (C=O) groups is 1. The molecule has 15 heavy (non-hydrogen) atoms. The molecule has 0 aliphatic carbocycles. The first-order valence-electron chi connectivity index (χ1n) is 5.21. The third-order valence-corrected chi connectivity index (χ3v) is 4.56. The number of rotatable bonds is 5. The summed E-state index contributed by atoms with van der Waals surface area (Å²) in [6, 6.07) is -0.863. The summed E-state index contributed by atoms with van der Waals surface area (Å²) in [4.78, 5) is 11.0. The highest BCUT2D eigenvalue weighted by atomic mass is 32.2. The van der Waals surface area contributed by atoms with E-state index in [4.69, 9.17) is 5.11 Å². The van der Waals surface area contributed by atoms with Gasteiger partial charge in [-0.1, -0.05) is 19.8 Å². The van der Waals surface area contributed by atoms with E-state index in [1.165, 1.54) is 0 Å². The van der Waals surface area contributed by atoms with E-state index in [1.54, 1.807) is 0 Å². The zero-order chi connectivity index (χ0) is 11.5. The molecule has 88 valence electrons. The maximum absolute atomic E-state index is 11.5. The Morgan fingerprint density at radius 1 is 1.53 bits per heavy atom. The van der Waals surface area contributed by atoms with Crippen molar-refractivity contribution in [3.05, 3.63) is 0 Å². The normalized spacial score (nSPS) is 22.7. The number of carboxylic acids is 1. The molecular formula is C9H17NO4S. The Hall–Kier alpha value is -0.620. The molecule has 0 bridgehead atoms. The summed E-state index contributed by atoms with van der Waals surface area (Å²) in [5.41, 5.74) is 0. The van der Waals surface area contributed by atoms with Crippen molar-refractivity contribution in [2.75, 3.05) is 12.3 Å². The van der Waals surface area contributed by atoms with Gasteiger partial charge in [0.05, 0.1) is 5.75 Å². The highest BCUT2D eigenvalue weighted by Crippen LogP contribution is 2.20. The van der Waals surface area contributed by atoms with Gasteiger partial charge in [0.2, 0.25) is 10.0 Å². The van der Waals surface area contributed by atoms with Crippen LogP contribution in [0.1, 0.15) is 32.6 Å². The van der Waals surface area contributed by atoms with Crippen molar-refractivity contribution >= 4 is 16.0 Å². The van der Waals surface area contributed by atoms with Gasteiger partial charge in [0.1, 0.15) is 6.04 Å². The van der Waals surface area contributed by atoms with Gasteiger partial charge < -0.3 is 5.11 Å². The lowest BCUT2D eigenvalue weighted by molar-refractivity contribution is -0.141. The summed E-state index contributed by atoms with van der Waals surface area (Å²) >= 11 is 0. The fourth-order valence-corrected chi connectivity index (χ4v) is 3.52. The average molecular weight is 235 g/mol. The van der Waals surface area contributed by atoms with Crippen molar-refractivity contribution in [2.45, 2.75) is 38.6 Å². The largest absolute Gasteiger partial charge is 0.480 e. The van der Waals surface area contributed by atoms with Crippen LogP contribution in [0.3, 0.4) is 0 Å². The number of hydrogen-bond donors (Lipinski definition) is 1. The molecule has 0 saturated carbocycles. The van der Waals surface area contributed by atoms with Crippen LogP contribution < -0.4 is 0 Å². The van der Waals surface area contributed by atoms with Crippen LogP contribution in [0.15, 0.2) is 0 Å². The molecule has 1 aliphatic heterocycles. The van der Waals surface area contributed by atoms with Gasteiger partial charge in [-0.2, -0.15) is 4.31 Å². The maximum Gasteiger partial charge on any atom is 0.322 e. The highest BCUT2D eigenvalue weighted by molar-refractivity contribution is 7.89. The van der Waals surface area contributed by atoms with Crippen LogP contribution in [0.2, 0.25) is 0 Å². The van der Waals surface area contributed by atoms with Crippen molar-refractivity contribution in [2.24, 2.45) is 0 Å². The van der Waals surface area contributed by atoms with E-state index in [0.29, 0.717) is 19.4 Å². The van der Waals surface area contributed by atoms with Gasteiger partial charge in [-0.25, -0.2) is 8.42 Å². The zero-order valence-electron chi connectivity index (χ0n) is 8.85. The van der Waals surface area contributed by atoms with Crippen LogP contribution in [0.4, 0.5) is 0 Å². The van der Waals surface area contributed by atoms with E-state index in [1.807, 2.05) is 6.92 Å². The second-order valence-corrected chi connectivity index (χ2v) is 5.82. The minimum atomic E-state index is -3.31. The van der Waals surface area contributed by atoms with E-state index in [9.17, 15) is 13.2 Å². The van der Waals surface area contributed by atoms with Crippen LogP contribution in [0.25, 0.3) is 0 Å². The van der Waals surface area contributed by atoms with E-state index in [0.717, 1.165) is 17.1 Å². The Morgan fingerprint density at radius 3 is 2.60 bits per heavy atom. The molecule has 1 N–H and O–H groups in total. The lowest BCUT2D eigenvalue weighted by Crippen LogP contribution is -2.42. The third-order valence-electron chi connectivity index (χ3n) is 2.60. The van der Waals surface area contributed by atoms with Crippen molar-refractivity contribution < 1.29 is 18.3 Å². The Morgan fingerprint density at radius 2 is 2.20 bits per heavy atom. The molecule has 0 aromatic carbocycles. The summed E-state index contributed by atoms with van der Waals surface area (Å²) in [6.07, 6.45) is 2.56. The summed E-state index contributed by atoms with van der Waals surface area (Å²) in [5, 5.41) is 8.99. The number of sulfonamides is 1. The first-order chi connectivity index (χ1) is 6.99. The molecule has 0 aromatic heterocycles. The molecule has 1 aliphatic rings. The molecule has 5 nitrogen and oxygen atoms in total. The molecule has 1 rings (SSSR count). The predicted molar refractivity (Wildman–Crippen MR) is 56.1 cm³/mol. The topological polar surface area (TPSA) is 74.7 Å². The molecule has 1 atom stereocenters. The molecule has 1 fully saturated rings. The second-order valence-electron chi connectivity index (χ2n) is 3.78. The summed E-state index contributed by atoms with van der Waals surface area (Å²) in [7, 11) is -3.31. The lowest BCUT2D eigenvalue weighted by atomic mass is 10.1. The van der Waals surface area contributed by atoms with Crippen molar-refractivity contribution in [1.82, 2.24) is 4.31 Å². The quantitative estimate of drug-likeness (QED) is 0.759. The second kappa shape index (κ2) is 4.94. The molecule has 0 aromatic rings. The number of hydrogen-bond acceptors (Lipinski definition) is 3. The number of unbranched alkanes of at least 4 members (excludes halogenated alkanes) is 1. The van der Waals surface area contributed by atoms with Crippen molar-refractivity contribution in [1.29, 1.82) is 0 Å². The molecule has 0 amide bonds. The van der Waals surface area contributed by atoms with Gasteiger partial charge in [0, 0.05) is 6.54 Å². The van der Waals surface area contributed by atoms with Gasteiger partial charge in [-0.05, 0) is 12.8 Å². The van der Waals surface area contributed by atoms with E-state index >= 15 is 0 Å². The molecule has 1 saturated heterocycles. The summed E-state index contributed by atoms with van der Waals surface area (Å²) in [5.74, 6) is -0.947. The molecule has 0 spiro atoms. The third kappa shape index (κ3) is 2.92. The Balaban J connectivity index is 2.76. The van der Waals surface area contributed by atoms with Crippen molar-refractivity contribution in [3.8, 4) is 0 Å². The predicted octanol–water partition coefficient (Wildman–Crippen LogP) is 0.665. The maximum atomic E-state index is 11.5. The zero-order valence-corrected chi connectivity index (χ0v) is 9.66. The fraction of sp³-hybridized carbons (Fsp3) is 0.889. The standard InChI is InChI=1S/C9H17NO4S/c1-2-3-5-8(9(11)12)10-6-4-7-15(10,13)14/h8H,2-7H2,1H3,(H,11,12)/t8-/m1/s1. The van der Waals surface area contributed by atoms with Gasteiger partial charge in [-0.15, -0.1) is 0 Å². The van der Waals surface area contributed by atoms with Gasteiger partial charge in [0.25, 0.3) is 0 Å². The smallest absolute Gasteiger partial charge is 0.322 e. The fourth-order valence-electron chi connectivity index (χ4n) is 1.80. The Bertz CT molecular complexity index is 325. The van der Waals surface area contributed by atoms with Crippen molar-refractivity contribution in [3.63, 3.8) is 0 Å². The van der Waals surface area contributed by atoms with Gasteiger partial charge >= 0.3 is 5.97 Å². The van der Waals surface area contributed by atoms with Crippen LogP contribution in [-0.4, -0.2) is 42.1 Å². The summed E-state index contributed by atoms with van der Waals surface area (Å²) in [6.45, 7) is 2.31. The Kier molecular flexibility index (Phi) is 4.10. The number of nitrogens with zero attached hydrogens (tertiary/aromatic N) is 1. The monoisotopic (exact) mass is 235 g/mol. The molecule has 6 heteroatoms. The van der Waals surface area contributed by atoms with Crippen LogP contribution in [0, 0.1) is 0 Å². The summed E-state index contributed by atoms with van der Waals surface area (Å²) < 4.78 is 24.2. The van der Waals surface area contributed by atoms with Crippen LogP contribution in [-0.2, 0) is 14.8 Å². The van der Waals surface area contributed by atoms with E-state index < -0.39 is 22.0 Å². The van der Waals surface area contributed by atoms with Crippen LogP contribution >= 0.6 is 0 Å². The SMILES string of the molecule is CCCC[C@H](C(=O)O)N1CCCS1(=O)=O. The Labute approximate surface area is 90.1 Å². The number of carboxylic acid groups (broad SMARTS) is 1. The molecule has 0 unspecified atom stereocenters. The van der Waals surface area contributed by atoms with Crippen LogP contribution in [0.5, 0.6) is 0 Å². The number of aliphatic carboxylic acids is 1. The van der Waals surface area contributed by atoms with Gasteiger partial charge in [0.15, 0.2) is 0 Å². The minimum absolute atomic E-state index is 0.0862. The molecule has 0 radical (unpaired) electrons. The van der Waals surface area contributed by atoms with Gasteiger partial charge in [-0.3, -0.25) is 4.79 Å².